The zero-order chi connectivity index (χ0) is 9.14. The molecule has 0 spiro atoms. The molecule has 1 saturated heterocycles. The van der Waals surface area contributed by atoms with Gasteiger partial charge in [-0.2, -0.15) is 0 Å². The number of aliphatic hydroxyl groups is 1. The molecule has 0 aromatic heterocycles. The van der Waals surface area contributed by atoms with Crippen LogP contribution in [0.25, 0.3) is 0 Å². The summed E-state index contributed by atoms with van der Waals surface area (Å²) in [5.41, 5.74) is 0. The Bertz CT molecular complexity index is 173. The molecule has 1 aliphatic heterocycles. The summed E-state index contributed by atoms with van der Waals surface area (Å²) in [5.74, 6) is 0. The maximum atomic E-state index is 10.5. The van der Waals surface area contributed by atoms with Crippen molar-refractivity contribution < 1.29 is 19.7 Å². The lowest BCUT2D eigenvalue weighted by Crippen LogP contribution is -2.49. The fraction of sp³-hybridized carbons (Fsp3) is 0.857. The van der Waals surface area contributed by atoms with Crippen molar-refractivity contribution in [3.63, 3.8) is 0 Å². The number of hydrogen-bond acceptors (Lipinski definition) is 3. The van der Waals surface area contributed by atoms with Crippen molar-refractivity contribution in [2.75, 3.05) is 20.2 Å². The lowest BCUT2D eigenvalue weighted by atomic mass is 10.1. The van der Waals surface area contributed by atoms with Crippen LogP contribution in [0.2, 0.25) is 0 Å². The van der Waals surface area contributed by atoms with E-state index >= 15 is 0 Å². The quantitative estimate of drug-likeness (QED) is 0.576. The summed E-state index contributed by atoms with van der Waals surface area (Å²) in [5, 5.41) is 18.0. The van der Waals surface area contributed by atoms with Crippen LogP contribution in [0.4, 0.5) is 4.79 Å². The van der Waals surface area contributed by atoms with E-state index in [1.807, 2.05) is 0 Å². The Hall–Kier alpha value is -0.810. The number of aliphatic hydroxyl groups excluding tert-OH is 1. The summed E-state index contributed by atoms with van der Waals surface area (Å²) in [4.78, 5) is 11.8. The first-order chi connectivity index (χ1) is 5.65. The average Bonchev–Trinajstić information content (AvgIpc) is 2.05. The third-order valence-corrected chi connectivity index (χ3v) is 2.10. The van der Waals surface area contributed by atoms with Crippen LogP contribution in [0, 0.1) is 0 Å². The molecule has 1 rings (SSSR count). The molecule has 70 valence electrons. The van der Waals surface area contributed by atoms with Gasteiger partial charge in [0.25, 0.3) is 0 Å². The van der Waals surface area contributed by atoms with Crippen LogP contribution in [-0.4, -0.2) is 53.6 Å². The van der Waals surface area contributed by atoms with Crippen molar-refractivity contribution in [2.24, 2.45) is 0 Å². The molecule has 2 atom stereocenters. The highest BCUT2D eigenvalue weighted by atomic mass is 16.5. The summed E-state index contributed by atoms with van der Waals surface area (Å²) in [6.07, 6.45) is -1.42. The molecule has 0 bridgehead atoms. The van der Waals surface area contributed by atoms with Crippen LogP contribution in [0.15, 0.2) is 0 Å². The maximum Gasteiger partial charge on any atom is 0.407 e. The second-order valence-electron chi connectivity index (χ2n) is 2.86. The van der Waals surface area contributed by atoms with Gasteiger partial charge in [0.15, 0.2) is 0 Å². The fourth-order valence-corrected chi connectivity index (χ4v) is 1.31. The summed E-state index contributed by atoms with van der Waals surface area (Å²) in [6, 6.07) is 0. The minimum absolute atomic E-state index is 0.257. The van der Waals surface area contributed by atoms with Gasteiger partial charge in [-0.05, 0) is 6.42 Å². The first-order valence-corrected chi connectivity index (χ1v) is 3.84. The third-order valence-electron chi connectivity index (χ3n) is 2.10. The van der Waals surface area contributed by atoms with E-state index < -0.39 is 12.2 Å². The summed E-state index contributed by atoms with van der Waals surface area (Å²) in [6.45, 7) is 0.642. The van der Waals surface area contributed by atoms with Gasteiger partial charge in [0, 0.05) is 13.7 Å². The van der Waals surface area contributed by atoms with E-state index in [2.05, 4.69) is 0 Å². The number of nitrogens with zero attached hydrogens (tertiary/aromatic N) is 1. The molecule has 5 nitrogen and oxygen atoms in total. The number of likely N-dealkylation sites (tertiary alicyclic amines) is 1. The number of rotatable bonds is 1. The van der Waals surface area contributed by atoms with Crippen molar-refractivity contribution >= 4 is 6.09 Å². The van der Waals surface area contributed by atoms with Gasteiger partial charge in [0.1, 0.15) is 6.10 Å². The molecular weight excluding hydrogens is 162 g/mol. The lowest BCUT2D eigenvalue weighted by molar-refractivity contribution is -0.0552. The molecule has 12 heavy (non-hydrogen) atoms. The average molecular weight is 175 g/mol. The largest absolute Gasteiger partial charge is 0.465 e. The van der Waals surface area contributed by atoms with Crippen molar-refractivity contribution in [3.05, 3.63) is 0 Å². The zero-order valence-electron chi connectivity index (χ0n) is 6.93. The van der Waals surface area contributed by atoms with E-state index in [4.69, 9.17) is 9.84 Å². The van der Waals surface area contributed by atoms with Gasteiger partial charge in [-0.15, -0.1) is 0 Å². The lowest BCUT2D eigenvalue weighted by Gasteiger charge is -2.33. The minimum atomic E-state index is -0.955. The molecule has 1 heterocycles. The first kappa shape index (κ1) is 9.28. The van der Waals surface area contributed by atoms with Gasteiger partial charge in [-0.25, -0.2) is 4.79 Å². The zero-order valence-corrected chi connectivity index (χ0v) is 6.93. The van der Waals surface area contributed by atoms with E-state index in [0.717, 1.165) is 0 Å². The molecule has 1 fully saturated rings. The highest BCUT2D eigenvalue weighted by molar-refractivity contribution is 5.65. The minimum Gasteiger partial charge on any atom is -0.465 e. The van der Waals surface area contributed by atoms with Crippen molar-refractivity contribution in [3.8, 4) is 0 Å². The van der Waals surface area contributed by atoms with Crippen LogP contribution in [0.1, 0.15) is 6.42 Å². The third kappa shape index (κ3) is 1.86. The van der Waals surface area contributed by atoms with Gasteiger partial charge in [0.2, 0.25) is 0 Å². The topological polar surface area (TPSA) is 70.0 Å². The smallest absolute Gasteiger partial charge is 0.407 e. The fourth-order valence-electron chi connectivity index (χ4n) is 1.31. The second-order valence-corrected chi connectivity index (χ2v) is 2.86. The van der Waals surface area contributed by atoms with Crippen LogP contribution < -0.4 is 0 Å². The van der Waals surface area contributed by atoms with E-state index in [1.54, 1.807) is 0 Å². The molecule has 0 aromatic rings. The molecule has 0 aliphatic carbocycles. The first-order valence-electron chi connectivity index (χ1n) is 3.84. The summed E-state index contributed by atoms with van der Waals surface area (Å²) < 4.78 is 4.93. The molecule has 1 aliphatic rings. The number of piperidine rings is 1. The Morgan fingerprint density at radius 1 is 1.67 bits per heavy atom. The molecule has 0 unspecified atom stereocenters. The highest BCUT2D eigenvalue weighted by Gasteiger charge is 2.29. The maximum absolute atomic E-state index is 10.5. The second kappa shape index (κ2) is 3.73. The van der Waals surface area contributed by atoms with E-state index in [-0.39, 0.29) is 12.6 Å². The molecular formula is C7H13NO4. The van der Waals surface area contributed by atoms with Crippen LogP contribution in [0.5, 0.6) is 0 Å². The Labute approximate surface area is 70.5 Å². The van der Waals surface area contributed by atoms with Crippen LogP contribution >= 0.6 is 0 Å². The van der Waals surface area contributed by atoms with Gasteiger partial charge in [0.05, 0.1) is 12.6 Å². The van der Waals surface area contributed by atoms with Crippen LogP contribution in [-0.2, 0) is 4.74 Å². The Balaban J connectivity index is 2.49. The number of hydrogen-bond donors (Lipinski definition) is 2. The number of carbonyl (C=O) groups is 1. The van der Waals surface area contributed by atoms with Gasteiger partial charge in [-0.3, -0.25) is 0 Å². The van der Waals surface area contributed by atoms with Crippen molar-refractivity contribution in [1.29, 1.82) is 0 Å². The van der Waals surface area contributed by atoms with E-state index in [0.29, 0.717) is 13.0 Å². The highest BCUT2D eigenvalue weighted by Crippen LogP contribution is 2.13. The summed E-state index contributed by atoms with van der Waals surface area (Å²) in [7, 11) is 1.47. The predicted molar refractivity (Wildman–Crippen MR) is 41.0 cm³/mol. The van der Waals surface area contributed by atoms with Crippen molar-refractivity contribution in [2.45, 2.75) is 18.6 Å². The molecule has 0 radical (unpaired) electrons. The van der Waals surface area contributed by atoms with Gasteiger partial charge in [-0.1, -0.05) is 0 Å². The van der Waals surface area contributed by atoms with E-state index in [1.165, 1.54) is 12.0 Å². The monoisotopic (exact) mass is 175 g/mol. The normalized spacial score (nSPS) is 30.3. The number of methoxy groups -OCH3 is 1. The van der Waals surface area contributed by atoms with Crippen LogP contribution in [0.3, 0.4) is 0 Å². The number of carboxylic acid groups (broad SMARTS) is 1. The SMILES string of the molecule is CO[C@H]1CN(C(=O)O)CC[C@H]1O. The standard InChI is InChI=1S/C7H13NO4/c1-12-6-4-8(7(10)11)3-2-5(6)9/h5-6,9H,2-4H2,1H3,(H,10,11)/t5-,6+/m1/s1. The van der Waals surface area contributed by atoms with E-state index in [9.17, 15) is 9.90 Å². The Morgan fingerprint density at radius 3 is 2.83 bits per heavy atom. The Kier molecular flexibility index (Phi) is 2.88. The molecule has 1 amide bonds. The van der Waals surface area contributed by atoms with Crippen molar-refractivity contribution in [1.82, 2.24) is 4.90 Å². The molecule has 2 N–H and O–H groups in total. The summed E-state index contributed by atoms with van der Waals surface area (Å²) >= 11 is 0. The molecule has 5 heteroatoms. The van der Waals surface area contributed by atoms with Gasteiger partial charge >= 0.3 is 6.09 Å². The molecule has 0 saturated carbocycles. The number of ether oxygens (including phenoxy) is 1. The predicted octanol–water partition coefficient (Wildman–Crippen LogP) is -0.254. The molecule has 0 aromatic carbocycles. The number of amides is 1. The van der Waals surface area contributed by atoms with Gasteiger partial charge < -0.3 is 19.8 Å². The Morgan fingerprint density at radius 2 is 2.33 bits per heavy atom.